The Balaban J connectivity index is 1.67. The molecule has 2 heterocycles. The number of carbonyl (C=O) groups is 2. The van der Waals surface area contributed by atoms with Crippen molar-refractivity contribution in [3.05, 3.63) is 86.6 Å². The van der Waals surface area contributed by atoms with E-state index in [1.54, 1.807) is 4.90 Å². The molecule has 8 heteroatoms. The van der Waals surface area contributed by atoms with Gasteiger partial charge in [0.2, 0.25) is 5.88 Å². The van der Waals surface area contributed by atoms with Gasteiger partial charge in [0.05, 0.1) is 28.8 Å². The SMILES string of the molecule is Cc1cc(C)c(CN2CCc3c(C(=O)O)cc(OC(C)C)c(Cl)c3C2=O)c(OCc2ccccc2)n1. The molecular weight excluding hydrogens is 480 g/mol. The summed E-state index contributed by atoms with van der Waals surface area (Å²) in [5, 5.41) is 9.92. The molecule has 0 atom stereocenters. The summed E-state index contributed by atoms with van der Waals surface area (Å²) in [5.74, 6) is -0.790. The first-order chi connectivity index (χ1) is 17.2. The Morgan fingerprint density at radius 3 is 2.58 bits per heavy atom. The number of pyridine rings is 1. The molecular formula is C28H29ClN2O5. The maximum atomic E-state index is 13.7. The number of fused-ring (bicyclic) bond motifs is 1. The number of aryl methyl sites for hydroxylation is 2. The van der Waals surface area contributed by atoms with E-state index in [9.17, 15) is 14.7 Å². The predicted molar refractivity (Wildman–Crippen MR) is 137 cm³/mol. The third-order valence-electron chi connectivity index (χ3n) is 6.07. The van der Waals surface area contributed by atoms with Gasteiger partial charge in [0.1, 0.15) is 12.4 Å². The lowest BCUT2D eigenvalue weighted by molar-refractivity contribution is 0.0691. The summed E-state index contributed by atoms with van der Waals surface area (Å²) in [6.45, 7) is 8.45. The third-order valence-corrected chi connectivity index (χ3v) is 6.44. The lowest BCUT2D eigenvalue weighted by Gasteiger charge is -2.31. The number of amides is 1. The number of carboxylic acid groups (broad SMARTS) is 1. The minimum atomic E-state index is -1.12. The molecule has 7 nitrogen and oxygen atoms in total. The van der Waals surface area contributed by atoms with E-state index < -0.39 is 5.97 Å². The number of aromatic carboxylic acids is 1. The average Bonchev–Trinajstić information content (AvgIpc) is 2.82. The van der Waals surface area contributed by atoms with Gasteiger partial charge in [-0.2, -0.15) is 0 Å². The highest BCUT2D eigenvalue weighted by Crippen LogP contribution is 2.38. The highest BCUT2D eigenvalue weighted by atomic mass is 35.5. The van der Waals surface area contributed by atoms with Crippen LogP contribution >= 0.6 is 11.6 Å². The van der Waals surface area contributed by atoms with Gasteiger partial charge in [-0.1, -0.05) is 41.9 Å². The second kappa shape index (κ2) is 10.6. The molecule has 188 valence electrons. The van der Waals surface area contributed by atoms with Gasteiger partial charge in [0.25, 0.3) is 5.91 Å². The molecule has 1 amide bonds. The van der Waals surface area contributed by atoms with Crippen LogP contribution in [0.4, 0.5) is 0 Å². The molecule has 0 saturated carbocycles. The van der Waals surface area contributed by atoms with Crippen LogP contribution in [-0.4, -0.2) is 39.5 Å². The molecule has 0 saturated heterocycles. The summed E-state index contributed by atoms with van der Waals surface area (Å²) in [6, 6.07) is 13.2. The second-order valence-corrected chi connectivity index (χ2v) is 9.55. The summed E-state index contributed by atoms with van der Waals surface area (Å²) in [5.41, 5.74) is 4.25. The van der Waals surface area contributed by atoms with Crippen LogP contribution in [-0.2, 0) is 19.6 Å². The first-order valence-corrected chi connectivity index (χ1v) is 12.2. The molecule has 0 unspecified atom stereocenters. The van der Waals surface area contributed by atoms with Crippen molar-refractivity contribution in [1.82, 2.24) is 9.88 Å². The third kappa shape index (κ3) is 5.31. The molecule has 36 heavy (non-hydrogen) atoms. The number of carbonyl (C=O) groups excluding carboxylic acids is 1. The van der Waals surface area contributed by atoms with Gasteiger partial charge in [0, 0.05) is 17.8 Å². The van der Waals surface area contributed by atoms with Crippen LogP contribution in [0.25, 0.3) is 0 Å². The molecule has 1 N–H and O–H groups in total. The Bertz CT molecular complexity index is 1310. The van der Waals surface area contributed by atoms with E-state index in [2.05, 4.69) is 4.98 Å². The first-order valence-electron chi connectivity index (χ1n) is 11.8. The Labute approximate surface area is 215 Å². The van der Waals surface area contributed by atoms with Gasteiger partial charge in [-0.25, -0.2) is 9.78 Å². The monoisotopic (exact) mass is 508 g/mol. The maximum Gasteiger partial charge on any atom is 0.336 e. The van der Waals surface area contributed by atoms with Crippen molar-refractivity contribution in [2.75, 3.05) is 6.54 Å². The van der Waals surface area contributed by atoms with Crippen LogP contribution in [0.3, 0.4) is 0 Å². The molecule has 0 fully saturated rings. The van der Waals surface area contributed by atoms with Gasteiger partial charge >= 0.3 is 5.97 Å². The van der Waals surface area contributed by atoms with E-state index in [0.29, 0.717) is 31.0 Å². The molecule has 3 aromatic rings. The highest BCUT2D eigenvalue weighted by molar-refractivity contribution is 6.36. The topological polar surface area (TPSA) is 89.0 Å². The standard InChI is InChI=1S/C28H29ClN2O5/c1-16(2)36-23-13-21(28(33)34)20-10-11-31(27(32)24(20)25(23)29)14-22-17(3)12-18(4)30-26(22)35-15-19-8-6-5-7-9-19/h5-9,12-13,16H,10-11,14-15H2,1-4H3,(H,33,34). The fraction of sp³-hybridized carbons (Fsp3) is 0.321. The van der Waals surface area contributed by atoms with E-state index in [1.165, 1.54) is 6.07 Å². The summed E-state index contributed by atoms with van der Waals surface area (Å²) in [4.78, 5) is 31.9. The molecule has 1 aromatic heterocycles. The number of nitrogens with zero attached hydrogens (tertiary/aromatic N) is 2. The highest BCUT2D eigenvalue weighted by Gasteiger charge is 2.33. The van der Waals surface area contributed by atoms with Gasteiger partial charge in [0.15, 0.2) is 0 Å². The van der Waals surface area contributed by atoms with Crippen LogP contribution in [0.15, 0.2) is 42.5 Å². The van der Waals surface area contributed by atoms with Gasteiger partial charge < -0.3 is 19.5 Å². The van der Waals surface area contributed by atoms with Gasteiger partial charge in [-0.15, -0.1) is 0 Å². The molecule has 1 aliphatic rings. The largest absolute Gasteiger partial charge is 0.489 e. The van der Waals surface area contributed by atoms with Crippen molar-refractivity contribution < 1.29 is 24.2 Å². The molecule has 1 aliphatic heterocycles. The second-order valence-electron chi connectivity index (χ2n) is 9.18. The molecule has 0 radical (unpaired) electrons. The van der Waals surface area contributed by atoms with Gasteiger partial charge in [-0.3, -0.25) is 4.79 Å². The minimum absolute atomic E-state index is 0.0399. The normalized spacial score (nSPS) is 13.1. The van der Waals surface area contributed by atoms with Crippen molar-refractivity contribution in [2.24, 2.45) is 0 Å². The number of hydrogen-bond acceptors (Lipinski definition) is 5. The zero-order chi connectivity index (χ0) is 26.0. The van der Waals surface area contributed by atoms with Crippen molar-refractivity contribution in [2.45, 2.75) is 53.4 Å². The smallest absolute Gasteiger partial charge is 0.336 e. The predicted octanol–water partition coefficient (Wildman–Crippen LogP) is 5.61. The molecule has 0 bridgehead atoms. The van der Waals surface area contributed by atoms with Crippen molar-refractivity contribution in [1.29, 1.82) is 0 Å². The van der Waals surface area contributed by atoms with Crippen molar-refractivity contribution in [3.8, 4) is 11.6 Å². The summed E-state index contributed by atoms with van der Waals surface area (Å²) in [7, 11) is 0. The number of rotatable bonds is 8. The summed E-state index contributed by atoms with van der Waals surface area (Å²) < 4.78 is 11.8. The van der Waals surface area contributed by atoms with Crippen LogP contribution in [0.5, 0.6) is 11.6 Å². The van der Waals surface area contributed by atoms with Gasteiger partial charge in [-0.05, 0) is 62.9 Å². The van der Waals surface area contributed by atoms with Crippen LogP contribution < -0.4 is 9.47 Å². The summed E-state index contributed by atoms with van der Waals surface area (Å²) in [6.07, 6.45) is 0.130. The van der Waals surface area contributed by atoms with E-state index in [-0.39, 0.29) is 40.5 Å². The minimum Gasteiger partial charge on any atom is -0.489 e. The number of benzene rings is 2. The maximum absolute atomic E-state index is 13.7. The van der Waals surface area contributed by atoms with Crippen molar-refractivity contribution >= 4 is 23.5 Å². The van der Waals surface area contributed by atoms with E-state index >= 15 is 0 Å². The van der Waals surface area contributed by atoms with Crippen LogP contribution in [0, 0.1) is 13.8 Å². The number of ether oxygens (including phenoxy) is 2. The zero-order valence-electron chi connectivity index (χ0n) is 20.8. The first kappa shape index (κ1) is 25.5. The quantitative estimate of drug-likeness (QED) is 0.425. The van der Waals surface area contributed by atoms with Crippen LogP contribution in [0.1, 0.15) is 62.5 Å². The Kier molecular flexibility index (Phi) is 7.50. The number of carboxylic acids is 1. The summed E-state index contributed by atoms with van der Waals surface area (Å²) >= 11 is 6.61. The number of aromatic nitrogens is 1. The van der Waals surface area contributed by atoms with E-state index in [4.69, 9.17) is 21.1 Å². The lowest BCUT2D eigenvalue weighted by Crippen LogP contribution is -2.38. The fourth-order valence-electron chi connectivity index (χ4n) is 4.40. The lowest BCUT2D eigenvalue weighted by atomic mass is 9.92. The Morgan fingerprint density at radius 2 is 1.92 bits per heavy atom. The Morgan fingerprint density at radius 1 is 1.19 bits per heavy atom. The van der Waals surface area contributed by atoms with Crippen LogP contribution in [0.2, 0.25) is 5.02 Å². The van der Waals surface area contributed by atoms with Crippen molar-refractivity contribution in [3.63, 3.8) is 0 Å². The average molecular weight is 509 g/mol. The number of hydrogen-bond donors (Lipinski definition) is 1. The Hall–Kier alpha value is -3.58. The zero-order valence-corrected chi connectivity index (χ0v) is 21.6. The molecule has 0 aliphatic carbocycles. The fourth-order valence-corrected chi connectivity index (χ4v) is 4.69. The molecule has 4 rings (SSSR count). The van der Waals surface area contributed by atoms with E-state index in [0.717, 1.165) is 22.4 Å². The number of halogens is 1. The van der Waals surface area contributed by atoms with E-state index in [1.807, 2.05) is 64.1 Å². The molecule has 0 spiro atoms. The molecule has 2 aromatic carbocycles.